The summed E-state index contributed by atoms with van der Waals surface area (Å²) in [7, 11) is -4.04. The van der Waals surface area contributed by atoms with E-state index in [0.29, 0.717) is 0 Å². The summed E-state index contributed by atoms with van der Waals surface area (Å²) < 4.78 is 26.8. The third kappa shape index (κ3) is 2.95. The van der Waals surface area contributed by atoms with Crippen molar-refractivity contribution in [2.24, 2.45) is 0 Å². The molecule has 2 N–H and O–H groups in total. The van der Waals surface area contributed by atoms with Crippen LogP contribution in [0.15, 0.2) is 47.4 Å². The minimum atomic E-state index is -4.04. The van der Waals surface area contributed by atoms with Gasteiger partial charge in [-0.15, -0.1) is 0 Å². The van der Waals surface area contributed by atoms with Crippen LogP contribution in [0.5, 0.6) is 5.75 Å². The molecular weight excluding hydrogens is 296 g/mol. The van der Waals surface area contributed by atoms with E-state index in [4.69, 9.17) is 0 Å². The molecule has 21 heavy (non-hydrogen) atoms. The number of phenols is 1. The Morgan fingerprint density at radius 1 is 1.14 bits per heavy atom. The molecule has 0 aliphatic carbocycles. The van der Waals surface area contributed by atoms with Gasteiger partial charge in [-0.2, -0.15) is 0 Å². The highest BCUT2D eigenvalue weighted by molar-refractivity contribution is 7.92. The molecule has 0 radical (unpaired) electrons. The number of hydrogen-bond donors (Lipinski definition) is 2. The zero-order chi connectivity index (χ0) is 15.6. The number of hydrogen-bond acceptors (Lipinski definition) is 5. The predicted octanol–water partition coefficient (Wildman–Crippen LogP) is 2.41. The number of para-hydroxylation sites is 2. The van der Waals surface area contributed by atoms with Crippen molar-refractivity contribution in [3.63, 3.8) is 0 Å². The lowest BCUT2D eigenvalue weighted by molar-refractivity contribution is -0.385. The number of nitrogens with zero attached hydrogens (tertiary/aromatic N) is 1. The molecule has 8 heteroatoms. The average molecular weight is 308 g/mol. The van der Waals surface area contributed by atoms with Gasteiger partial charge >= 0.3 is 0 Å². The van der Waals surface area contributed by atoms with E-state index in [0.717, 1.165) is 0 Å². The second kappa shape index (κ2) is 5.41. The number of phenolic OH excluding ortho intramolecular Hbond substituents is 1. The van der Waals surface area contributed by atoms with E-state index >= 15 is 0 Å². The van der Waals surface area contributed by atoms with Crippen LogP contribution < -0.4 is 4.72 Å². The van der Waals surface area contributed by atoms with E-state index in [2.05, 4.69) is 4.72 Å². The van der Waals surface area contributed by atoms with Gasteiger partial charge in [-0.3, -0.25) is 14.8 Å². The molecular formula is C13H12N2O5S. The standard InChI is InChI=1S/C13H12N2O5S/c1-9-11(15(17)18)6-4-8-13(9)21(19,20)14-10-5-2-3-7-12(10)16/h2-8,14,16H,1H3. The molecule has 0 saturated carbocycles. The van der Waals surface area contributed by atoms with Crippen molar-refractivity contribution in [2.75, 3.05) is 4.72 Å². The van der Waals surface area contributed by atoms with Crippen molar-refractivity contribution in [1.29, 1.82) is 0 Å². The van der Waals surface area contributed by atoms with Gasteiger partial charge in [0.25, 0.3) is 15.7 Å². The topological polar surface area (TPSA) is 110 Å². The maximum atomic E-state index is 12.3. The zero-order valence-electron chi connectivity index (χ0n) is 11.0. The third-order valence-corrected chi connectivity index (χ3v) is 4.40. The Labute approximate surface area is 121 Å². The number of benzene rings is 2. The average Bonchev–Trinajstić information content (AvgIpc) is 2.41. The van der Waals surface area contributed by atoms with Gasteiger partial charge in [0, 0.05) is 11.6 Å². The SMILES string of the molecule is Cc1c([N+](=O)[O-])cccc1S(=O)(=O)Nc1ccccc1O. The molecule has 0 bridgehead atoms. The minimum absolute atomic E-state index is 0.00315. The number of aromatic hydroxyl groups is 1. The summed E-state index contributed by atoms with van der Waals surface area (Å²) in [6, 6.07) is 9.62. The van der Waals surface area contributed by atoms with Crippen LogP contribution in [0, 0.1) is 17.0 Å². The van der Waals surface area contributed by atoms with Crippen molar-refractivity contribution < 1.29 is 18.4 Å². The molecule has 0 aliphatic rings. The first-order valence-electron chi connectivity index (χ1n) is 5.88. The van der Waals surface area contributed by atoms with Crippen LogP contribution in [0.2, 0.25) is 0 Å². The molecule has 0 amide bonds. The van der Waals surface area contributed by atoms with Crippen LogP contribution in [0.3, 0.4) is 0 Å². The Morgan fingerprint density at radius 2 is 1.81 bits per heavy atom. The monoisotopic (exact) mass is 308 g/mol. The van der Waals surface area contributed by atoms with Crippen LogP contribution >= 0.6 is 0 Å². The van der Waals surface area contributed by atoms with Crippen LogP contribution in [-0.4, -0.2) is 18.4 Å². The highest BCUT2D eigenvalue weighted by atomic mass is 32.2. The van der Waals surface area contributed by atoms with Gasteiger partial charge in [0.15, 0.2) is 0 Å². The van der Waals surface area contributed by atoms with E-state index in [-0.39, 0.29) is 27.6 Å². The van der Waals surface area contributed by atoms with Crippen LogP contribution in [-0.2, 0) is 10.0 Å². The van der Waals surface area contributed by atoms with Crippen molar-refractivity contribution in [2.45, 2.75) is 11.8 Å². The Hall–Kier alpha value is -2.61. The van der Waals surface area contributed by atoms with E-state index in [9.17, 15) is 23.6 Å². The first kappa shape index (κ1) is 14.8. The maximum Gasteiger partial charge on any atom is 0.273 e. The first-order valence-corrected chi connectivity index (χ1v) is 7.36. The molecule has 0 atom stereocenters. The number of sulfonamides is 1. The van der Waals surface area contributed by atoms with E-state index in [1.807, 2.05) is 0 Å². The van der Waals surface area contributed by atoms with Crippen molar-refractivity contribution >= 4 is 21.4 Å². The van der Waals surface area contributed by atoms with E-state index in [1.54, 1.807) is 12.1 Å². The Morgan fingerprint density at radius 3 is 2.43 bits per heavy atom. The molecule has 0 saturated heterocycles. The molecule has 2 aromatic carbocycles. The lowest BCUT2D eigenvalue weighted by atomic mass is 10.2. The quantitative estimate of drug-likeness (QED) is 0.512. The highest BCUT2D eigenvalue weighted by Gasteiger charge is 2.23. The number of nitrogens with one attached hydrogen (secondary N) is 1. The Kier molecular flexibility index (Phi) is 3.81. The molecule has 0 heterocycles. The largest absolute Gasteiger partial charge is 0.506 e. The second-order valence-electron chi connectivity index (χ2n) is 4.28. The Bertz CT molecular complexity index is 802. The van der Waals surface area contributed by atoms with Crippen molar-refractivity contribution in [3.05, 3.63) is 58.1 Å². The summed E-state index contributed by atoms with van der Waals surface area (Å²) in [6.07, 6.45) is 0. The fraction of sp³-hybridized carbons (Fsp3) is 0.0769. The van der Waals surface area contributed by atoms with E-state index in [1.165, 1.54) is 37.3 Å². The molecule has 2 aromatic rings. The van der Waals surface area contributed by atoms with Gasteiger partial charge in [0.1, 0.15) is 5.75 Å². The molecule has 0 fully saturated rings. The Balaban J connectivity index is 2.48. The molecule has 0 unspecified atom stereocenters. The van der Waals surface area contributed by atoms with Gasteiger partial charge in [-0.05, 0) is 25.1 Å². The first-order chi connectivity index (χ1) is 9.83. The van der Waals surface area contributed by atoms with Gasteiger partial charge in [0.2, 0.25) is 0 Å². The lowest BCUT2D eigenvalue weighted by Gasteiger charge is -2.11. The van der Waals surface area contributed by atoms with Gasteiger partial charge in [-0.1, -0.05) is 18.2 Å². The van der Waals surface area contributed by atoms with Crippen LogP contribution in [0.25, 0.3) is 0 Å². The summed E-state index contributed by atoms with van der Waals surface area (Å²) in [5, 5.41) is 20.5. The zero-order valence-corrected chi connectivity index (χ0v) is 11.8. The molecule has 110 valence electrons. The van der Waals surface area contributed by atoms with Gasteiger partial charge in [0.05, 0.1) is 15.5 Å². The molecule has 2 rings (SSSR count). The smallest absolute Gasteiger partial charge is 0.273 e. The predicted molar refractivity (Wildman–Crippen MR) is 76.7 cm³/mol. The molecule has 0 spiro atoms. The summed E-state index contributed by atoms with van der Waals surface area (Å²) in [6.45, 7) is 1.36. The van der Waals surface area contributed by atoms with Crippen molar-refractivity contribution in [1.82, 2.24) is 0 Å². The summed E-state index contributed by atoms with van der Waals surface area (Å²) in [5.74, 6) is -0.232. The van der Waals surface area contributed by atoms with Crippen molar-refractivity contribution in [3.8, 4) is 5.75 Å². The fourth-order valence-corrected chi connectivity index (χ4v) is 3.19. The number of nitro benzene ring substituents is 1. The number of rotatable bonds is 4. The third-order valence-electron chi connectivity index (χ3n) is 2.89. The summed E-state index contributed by atoms with van der Waals surface area (Å²) in [4.78, 5) is 10.0. The van der Waals surface area contributed by atoms with Crippen LogP contribution in [0.1, 0.15) is 5.56 Å². The molecule has 0 aliphatic heterocycles. The van der Waals surface area contributed by atoms with Gasteiger partial charge < -0.3 is 5.11 Å². The normalized spacial score (nSPS) is 11.1. The van der Waals surface area contributed by atoms with Gasteiger partial charge in [-0.25, -0.2) is 8.42 Å². The number of nitro groups is 1. The molecule has 0 aromatic heterocycles. The summed E-state index contributed by atoms with van der Waals surface area (Å²) >= 11 is 0. The second-order valence-corrected chi connectivity index (χ2v) is 5.93. The minimum Gasteiger partial charge on any atom is -0.506 e. The highest BCUT2D eigenvalue weighted by Crippen LogP contribution is 2.29. The van der Waals surface area contributed by atoms with E-state index < -0.39 is 14.9 Å². The lowest BCUT2D eigenvalue weighted by Crippen LogP contribution is -2.15. The summed E-state index contributed by atoms with van der Waals surface area (Å²) in [5.41, 5.74) is -0.246. The molecule has 7 nitrogen and oxygen atoms in total. The maximum absolute atomic E-state index is 12.3. The van der Waals surface area contributed by atoms with Crippen LogP contribution in [0.4, 0.5) is 11.4 Å². The fourth-order valence-electron chi connectivity index (χ4n) is 1.85. The number of anilines is 1.